The highest BCUT2D eigenvalue weighted by Crippen LogP contribution is 2.16. The van der Waals surface area contributed by atoms with Crippen molar-refractivity contribution < 1.29 is 14.9 Å². The third-order valence-corrected chi connectivity index (χ3v) is 1.54. The fourth-order valence-corrected chi connectivity index (χ4v) is 0.919. The zero-order valence-electron chi connectivity index (χ0n) is 8.90. The van der Waals surface area contributed by atoms with Crippen LogP contribution in [0.3, 0.4) is 0 Å². The Balaban J connectivity index is 4.63. The van der Waals surface area contributed by atoms with E-state index >= 15 is 0 Å². The molecule has 0 fully saturated rings. The third kappa shape index (κ3) is 5.00. The second-order valence-electron chi connectivity index (χ2n) is 2.63. The summed E-state index contributed by atoms with van der Waals surface area (Å²) >= 11 is 0. The van der Waals surface area contributed by atoms with E-state index in [1.807, 2.05) is 6.92 Å². The highest BCUT2D eigenvalue weighted by Gasteiger charge is 2.04. The largest absolute Gasteiger partial charge is 0.459 e. The lowest BCUT2D eigenvalue weighted by Crippen LogP contribution is -2.00. The number of ether oxygens (including phenoxy) is 1. The van der Waals surface area contributed by atoms with Gasteiger partial charge in [-0.1, -0.05) is 38.0 Å². The predicted molar refractivity (Wildman–Crippen MR) is 61.0 cm³/mol. The summed E-state index contributed by atoms with van der Waals surface area (Å²) in [5, 5.41) is 8.21. The van der Waals surface area contributed by atoms with Crippen molar-refractivity contribution in [3.05, 3.63) is 61.1 Å². The molecule has 0 aromatic heterocycles. The lowest BCUT2D eigenvalue weighted by Gasteiger charge is -2.11. The van der Waals surface area contributed by atoms with Crippen LogP contribution in [0.1, 0.15) is 6.92 Å². The summed E-state index contributed by atoms with van der Waals surface area (Å²) in [6.45, 7) is 12.6. The summed E-state index contributed by atoms with van der Waals surface area (Å²) in [7, 11) is 0. The fourth-order valence-electron chi connectivity index (χ4n) is 0.919. The first kappa shape index (κ1) is 13.4. The topological polar surface area (TPSA) is 38.7 Å². The molecule has 0 unspecified atom stereocenters. The van der Waals surface area contributed by atoms with Crippen molar-refractivity contribution in [2.45, 2.75) is 6.92 Å². The first-order valence-electron chi connectivity index (χ1n) is 4.43. The van der Waals surface area contributed by atoms with Crippen molar-refractivity contribution in [2.24, 2.45) is 0 Å². The average molecular weight is 208 g/mol. The molecular formula is C12H16O3. The molecular weight excluding hydrogens is 192 g/mol. The highest BCUT2D eigenvalue weighted by atomic mass is 17.1. The van der Waals surface area contributed by atoms with Crippen molar-refractivity contribution >= 4 is 0 Å². The van der Waals surface area contributed by atoms with Gasteiger partial charge in [-0.25, -0.2) is 4.89 Å². The van der Waals surface area contributed by atoms with E-state index in [0.717, 1.165) is 5.57 Å². The van der Waals surface area contributed by atoms with Crippen LogP contribution < -0.4 is 0 Å². The molecule has 3 heteroatoms. The molecule has 0 aromatic rings. The molecule has 15 heavy (non-hydrogen) atoms. The van der Waals surface area contributed by atoms with Crippen molar-refractivity contribution in [3.8, 4) is 0 Å². The Morgan fingerprint density at radius 3 is 2.47 bits per heavy atom. The lowest BCUT2D eigenvalue weighted by molar-refractivity contribution is -0.238. The predicted octanol–water partition coefficient (Wildman–Crippen LogP) is 3.21. The molecule has 82 valence electrons. The monoisotopic (exact) mass is 208 g/mol. The highest BCUT2D eigenvalue weighted by molar-refractivity contribution is 5.37. The summed E-state index contributed by atoms with van der Waals surface area (Å²) in [4.78, 5) is 3.91. The van der Waals surface area contributed by atoms with Crippen LogP contribution >= 0.6 is 0 Å². The van der Waals surface area contributed by atoms with Gasteiger partial charge in [-0.05, 0) is 13.0 Å². The molecule has 0 spiro atoms. The molecule has 0 heterocycles. The van der Waals surface area contributed by atoms with Crippen LogP contribution in [-0.4, -0.2) is 11.9 Å². The number of hydrogen-bond donors (Lipinski definition) is 1. The Hall–Kier alpha value is -1.58. The molecule has 0 rings (SSSR count). The van der Waals surface area contributed by atoms with Crippen LogP contribution in [0.2, 0.25) is 0 Å². The van der Waals surface area contributed by atoms with Crippen molar-refractivity contribution in [3.63, 3.8) is 0 Å². The van der Waals surface area contributed by atoms with Gasteiger partial charge in [-0.2, -0.15) is 0 Å². The third-order valence-electron chi connectivity index (χ3n) is 1.54. The van der Waals surface area contributed by atoms with Gasteiger partial charge in [-0.3, -0.25) is 5.26 Å². The lowest BCUT2D eigenvalue weighted by atomic mass is 10.2. The van der Waals surface area contributed by atoms with Crippen LogP contribution in [0.15, 0.2) is 61.1 Å². The number of rotatable bonds is 7. The molecule has 3 nitrogen and oxygen atoms in total. The van der Waals surface area contributed by atoms with Gasteiger partial charge in [0.2, 0.25) is 0 Å². The van der Waals surface area contributed by atoms with Gasteiger partial charge in [0.1, 0.15) is 18.1 Å². The maximum absolute atomic E-state index is 8.21. The molecule has 0 saturated heterocycles. The van der Waals surface area contributed by atoms with Crippen LogP contribution in [0.25, 0.3) is 0 Å². The minimum absolute atomic E-state index is 0.0736. The Bertz CT molecular complexity index is 298. The number of allylic oxidation sites excluding steroid dienone is 4. The minimum Gasteiger partial charge on any atom is -0.459 e. The standard InChI is InChI=1S/C12H16O3/c1-5-8-11(6-2)12(7-3)15-10(4)9-14-13/h5-8,13H,1-2,4,9H2,3H3/b11-8-,12-7+. The maximum Gasteiger partial charge on any atom is 0.139 e. The average Bonchev–Trinajstić information content (AvgIpc) is 2.23. The van der Waals surface area contributed by atoms with E-state index in [2.05, 4.69) is 24.6 Å². The smallest absolute Gasteiger partial charge is 0.139 e. The molecule has 0 atom stereocenters. The van der Waals surface area contributed by atoms with E-state index in [4.69, 9.17) is 9.99 Å². The molecule has 1 N–H and O–H groups in total. The van der Waals surface area contributed by atoms with Gasteiger partial charge in [0.05, 0.1) is 0 Å². The minimum atomic E-state index is -0.0736. The summed E-state index contributed by atoms with van der Waals surface area (Å²) < 4.78 is 5.34. The Morgan fingerprint density at radius 1 is 1.40 bits per heavy atom. The van der Waals surface area contributed by atoms with Gasteiger partial charge < -0.3 is 4.74 Å². The Labute approximate surface area is 90.3 Å². The summed E-state index contributed by atoms with van der Waals surface area (Å²) in [6.07, 6.45) is 6.80. The molecule has 0 aromatic carbocycles. The molecule has 0 saturated carbocycles. The summed E-state index contributed by atoms with van der Waals surface area (Å²) in [6, 6.07) is 0. The molecule has 0 amide bonds. The molecule has 0 aliphatic heterocycles. The number of hydrogen-bond acceptors (Lipinski definition) is 3. The van der Waals surface area contributed by atoms with Gasteiger partial charge in [-0.15, -0.1) is 0 Å². The van der Waals surface area contributed by atoms with Crippen molar-refractivity contribution in [1.82, 2.24) is 0 Å². The second kappa shape index (κ2) is 7.79. The molecule has 0 bridgehead atoms. The first-order valence-corrected chi connectivity index (χ1v) is 4.43. The molecule has 0 aliphatic rings. The Kier molecular flexibility index (Phi) is 6.97. The normalized spacial score (nSPS) is 12.1. The van der Waals surface area contributed by atoms with E-state index in [9.17, 15) is 0 Å². The summed E-state index contributed by atoms with van der Waals surface area (Å²) in [5.74, 6) is 0.898. The van der Waals surface area contributed by atoms with E-state index in [-0.39, 0.29) is 6.61 Å². The molecule has 0 radical (unpaired) electrons. The summed E-state index contributed by atoms with van der Waals surface area (Å²) in [5.41, 5.74) is 0.784. The zero-order chi connectivity index (χ0) is 11.7. The van der Waals surface area contributed by atoms with E-state index < -0.39 is 0 Å². The van der Waals surface area contributed by atoms with Crippen LogP contribution in [0, 0.1) is 0 Å². The maximum atomic E-state index is 8.21. The van der Waals surface area contributed by atoms with Crippen LogP contribution in [0.5, 0.6) is 0 Å². The molecule has 0 aliphatic carbocycles. The van der Waals surface area contributed by atoms with Gasteiger partial charge in [0.25, 0.3) is 0 Å². The van der Waals surface area contributed by atoms with Gasteiger partial charge >= 0.3 is 0 Å². The van der Waals surface area contributed by atoms with Crippen LogP contribution in [0.4, 0.5) is 0 Å². The quantitative estimate of drug-likeness (QED) is 0.302. The SMILES string of the molecule is C=C/C=C(C=C)\C(=C/C)OC(=C)COO. The van der Waals surface area contributed by atoms with Crippen molar-refractivity contribution in [1.29, 1.82) is 0 Å². The second-order valence-corrected chi connectivity index (χ2v) is 2.63. The van der Waals surface area contributed by atoms with E-state index in [1.165, 1.54) is 0 Å². The van der Waals surface area contributed by atoms with E-state index in [0.29, 0.717) is 11.5 Å². The van der Waals surface area contributed by atoms with Gasteiger partial charge in [0.15, 0.2) is 0 Å². The van der Waals surface area contributed by atoms with Gasteiger partial charge in [0, 0.05) is 5.57 Å². The first-order chi connectivity index (χ1) is 7.19. The van der Waals surface area contributed by atoms with Crippen molar-refractivity contribution in [2.75, 3.05) is 6.61 Å². The fraction of sp³-hybridized carbons (Fsp3) is 0.167. The van der Waals surface area contributed by atoms with E-state index in [1.54, 1.807) is 24.3 Å². The van der Waals surface area contributed by atoms with Crippen LogP contribution in [-0.2, 0) is 9.62 Å². The zero-order valence-corrected chi connectivity index (χ0v) is 8.90. The Morgan fingerprint density at radius 2 is 2.07 bits per heavy atom.